The molecule has 3 nitrogen and oxygen atoms in total. The number of nitrogens with zero attached hydrogens (tertiary/aromatic N) is 1. The summed E-state index contributed by atoms with van der Waals surface area (Å²) in [5, 5.41) is 3.82. The number of rotatable bonds is 3. The summed E-state index contributed by atoms with van der Waals surface area (Å²) in [6, 6.07) is 19.2. The van der Waals surface area contributed by atoms with Gasteiger partial charge in [0.05, 0.1) is 11.2 Å². The van der Waals surface area contributed by atoms with Crippen molar-refractivity contribution in [1.29, 1.82) is 0 Å². The van der Waals surface area contributed by atoms with E-state index >= 15 is 0 Å². The fourth-order valence-corrected chi connectivity index (χ4v) is 2.12. The van der Waals surface area contributed by atoms with Crippen molar-refractivity contribution in [3.05, 3.63) is 78.5 Å². The van der Waals surface area contributed by atoms with Crippen LogP contribution in [0.3, 0.4) is 0 Å². The Balaban J connectivity index is 1.79. The Bertz CT molecular complexity index is 789. The maximum absolute atomic E-state index is 12.0. The molecule has 0 aliphatic rings. The standard InChI is InChI=1S/C18H14N2O/c21-18(11-10-14-6-2-1-3-7-14)20-17-12-13-19-16-9-5-4-8-15(16)17/h1-13H,(H,19,20,21). The maximum Gasteiger partial charge on any atom is 0.248 e. The second-order valence-corrected chi connectivity index (χ2v) is 4.61. The predicted molar refractivity (Wildman–Crippen MR) is 85.8 cm³/mol. The smallest absolute Gasteiger partial charge is 0.248 e. The third kappa shape index (κ3) is 3.15. The number of carbonyl (C=O) groups is 1. The highest BCUT2D eigenvalue weighted by molar-refractivity contribution is 6.06. The van der Waals surface area contributed by atoms with E-state index < -0.39 is 0 Å². The average Bonchev–Trinajstić information content (AvgIpc) is 2.54. The van der Waals surface area contributed by atoms with E-state index in [2.05, 4.69) is 10.3 Å². The Morgan fingerprint density at radius 3 is 2.57 bits per heavy atom. The van der Waals surface area contributed by atoms with Gasteiger partial charge >= 0.3 is 0 Å². The van der Waals surface area contributed by atoms with Gasteiger partial charge in [0.25, 0.3) is 0 Å². The summed E-state index contributed by atoms with van der Waals surface area (Å²) in [5.41, 5.74) is 2.62. The van der Waals surface area contributed by atoms with Gasteiger partial charge in [-0.15, -0.1) is 0 Å². The van der Waals surface area contributed by atoms with E-state index in [4.69, 9.17) is 0 Å². The van der Waals surface area contributed by atoms with Crippen LogP contribution in [-0.2, 0) is 4.79 Å². The van der Waals surface area contributed by atoms with E-state index in [1.165, 1.54) is 6.08 Å². The predicted octanol–water partition coefficient (Wildman–Crippen LogP) is 3.89. The van der Waals surface area contributed by atoms with E-state index in [1.54, 1.807) is 18.3 Å². The maximum atomic E-state index is 12.0. The summed E-state index contributed by atoms with van der Waals surface area (Å²) in [7, 11) is 0. The summed E-state index contributed by atoms with van der Waals surface area (Å²) < 4.78 is 0. The summed E-state index contributed by atoms with van der Waals surface area (Å²) in [6.07, 6.45) is 5.02. The largest absolute Gasteiger partial charge is 0.322 e. The molecule has 0 saturated heterocycles. The molecule has 2 aromatic carbocycles. The zero-order valence-corrected chi connectivity index (χ0v) is 11.4. The van der Waals surface area contributed by atoms with Gasteiger partial charge in [-0.2, -0.15) is 0 Å². The van der Waals surface area contributed by atoms with E-state index in [1.807, 2.05) is 54.6 Å². The molecule has 102 valence electrons. The quantitative estimate of drug-likeness (QED) is 0.736. The van der Waals surface area contributed by atoms with Crippen LogP contribution >= 0.6 is 0 Å². The van der Waals surface area contributed by atoms with Crippen molar-refractivity contribution in [3.8, 4) is 0 Å². The zero-order chi connectivity index (χ0) is 14.5. The number of carbonyl (C=O) groups excluding carboxylic acids is 1. The molecule has 0 bridgehead atoms. The minimum atomic E-state index is -0.157. The van der Waals surface area contributed by atoms with Crippen molar-refractivity contribution in [1.82, 2.24) is 4.98 Å². The molecule has 0 unspecified atom stereocenters. The van der Waals surface area contributed by atoms with Gasteiger partial charge in [-0.25, -0.2) is 0 Å². The average molecular weight is 274 g/mol. The molecule has 0 fully saturated rings. The van der Waals surface area contributed by atoms with E-state index in [9.17, 15) is 4.79 Å². The Hall–Kier alpha value is -2.94. The van der Waals surface area contributed by atoms with Gasteiger partial charge in [0.15, 0.2) is 0 Å². The third-order valence-corrected chi connectivity index (χ3v) is 3.13. The Morgan fingerprint density at radius 2 is 1.71 bits per heavy atom. The lowest BCUT2D eigenvalue weighted by molar-refractivity contribution is -0.111. The number of pyridine rings is 1. The van der Waals surface area contributed by atoms with Crippen molar-refractivity contribution in [2.45, 2.75) is 0 Å². The van der Waals surface area contributed by atoms with Gasteiger partial charge < -0.3 is 5.32 Å². The van der Waals surface area contributed by atoms with Crippen molar-refractivity contribution in [3.63, 3.8) is 0 Å². The number of aromatic nitrogens is 1. The Morgan fingerprint density at radius 1 is 0.952 bits per heavy atom. The van der Waals surface area contributed by atoms with E-state index in [-0.39, 0.29) is 5.91 Å². The molecule has 3 aromatic rings. The number of anilines is 1. The molecule has 1 N–H and O–H groups in total. The second-order valence-electron chi connectivity index (χ2n) is 4.61. The highest BCUT2D eigenvalue weighted by atomic mass is 16.1. The highest BCUT2D eigenvalue weighted by Crippen LogP contribution is 2.20. The van der Waals surface area contributed by atoms with Gasteiger partial charge in [0, 0.05) is 17.7 Å². The summed E-state index contributed by atoms with van der Waals surface area (Å²) in [6.45, 7) is 0. The molecule has 3 heteroatoms. The summed E-state index contributed by atoms with van der Waals surface area (Å²) >= 11 is 0. The number of hydrogen-bond acceptors (Lipinski definition) is 2. The molecule has 1 aromatic heterocycles. The SMILES string of the molecule is O=C(C=Cc1ccccc1)Nc1ccnc2ccccc12. The lowest BCUT2D eigenvalue weighted by Crippen LogP contribution is -2.08. The van der Waals surface area contributed by atoms with Crippen LogP contribution in [0.4, 0.5) is 5.69 Å². The van der Waals surface area contributed by atoms with Gasteiger partial charge in [0.2, 0.25) is 5.91 Å². The first-order valence-electron chi connectivity index (χ1n) is 6.71. The van der Waals surface area contributed by atoms with Gasteiger partial charge in [-0.05, 0) is 23.8 Å². The molecular formula is C18H14N2O. The Labute approximate surface area is 123 Å². The fourth-order valence-electron chi connectivity index (χ4n) is 2.12. The fraction of sp³-hybridized carbons (Fsp3) is 0. The monoisotopic (exact) mass is 274 g/mol. The first-order chi connectivity index (χ1) is 10.3. The molecule has 0 aliphatic heterocycles. The normalized spacial score (nSPS) is 10.9. The third-order valence-electron chi connectivity index (χ3n) is 3.13. The zero-order valence-electron chi connectivity index (χ0n) is 11.4. The van der Waals surface area contributed by atoms with Gasteiger partial charge in [-0.3, -0.25) is 9.78 Å². The van der Waals surface area contributed by atoms with E-state index in [0.717, 1.165) is 22.2 Å². The number of para-hydroxylation sites is 1. The number of benzene rings is 2. The number of amides is 1. The molecule has 0 aliphatic carbocycles. The molecule has 0 atom stereocenters. The number of fused-ring (bicyclic) bond motifs is 1. The molecule has 1 heterocycles. The number of hydrogen-bond donors (Lipinski definition) is 1. The topological polar surface area (TPSA) is 42.0 Å². The van der Waals surface area contributed by atoms with Crippen molar-refractivity contribution >= 4 is 28.6 Å². The lowest BCUT2D eigenvalue weighted by Gasteiger charge is -2.05. The van der Waals surface area contributed by atoms with E-state index in [0.29, 0.717) is 0 Å². The van der Waals surface area contributed by atoms with Crippen molar-refractivity contribution in [2.75, 3.05) is 5.32 Å². The highest BCUT2D eigenvalue weighted by Gasteiger charge is 2.03. The van der Waals surface area contributed by atoms with Crippen LogP contribution in [0.2, 0.25) is 0 Å². The van der Waals surface area contributed by atoms with Crippen molar-refractivity contribution < 1.29 is 4.79 Å². The number of nitrogens with one attached hydrogen (secondary N) is 1. The van der Waals surface area contributed by atoms with Crippen LogP contribution in [0.1, 0.15) is 5.56 Å². The first-order valence-corrected chi connectivity index (χ1v) is 6.71. The molecule has 21 heavy (non-hydrogen) atoms. The molecular weight excluding hydrogens is 260 g/mol. The summed E-state index contributed by atoms with van der Waals surface area (Å²) in [5.74, 6) is -0.157. The molecule has 3 rings (SSSR count). The Kier molecular flexibility index (Phi) is 3.74. The lowest BCUT2D eigenvalue weighted by atomic mass is 10.2. The van der Waals surface area contributed by atoms with Gasteiger partial charge in [-0.1, -0.05) is 48.5 Å². The second kappa shape index (κ2) is 6.01. The van der Waals surface area contributed by atoms with Crippen LogP contribution in [0.25, 0.3) is 17.0 Å². The minimum Gasteiger partial charge on any atom is -0.322 e. The van der Waals surface area contributed by atoms with Crippen LogP contribution in [0.5, 0.6) is 0 Å². The minimum absolute atomic E-state index is 0.157. The summed E-state index contributed by atoms with van der Waals surface area (Å²) in [4.78, 5) is 16.3. The molecule has 0 spiro atoms. The molecule has 0 saturated carbocycles. The first kappa shape index (κ1) is 13.1. The van der Waals surface area contributed by atoms with Crippen LogP contribution < -0.4 is 5.32 Å². The van der Waals surface area contributed by atoms with Gasteiger partial charge in [0.1, 0.15) is 0 Å². The van der Waals surface area contributed by atoms with Crippen LogP contribution in [-0.4, -0.2) is 10.9 Å². The molecule has 1 amide bonds. The van der Waals surface area contributed by atoms with Crippen LogP contribution in [0.15, 0.2) is 72.9 Å². The van der Waals surface area contributed by atoms with Crippen LogP contribution in [0, 0.1) is 0 Å². The molecule has 0 radical (unpaired) electrons. The van der Waals surface area contributed by atoms with Crippen molar-refractivity contribution in [2.24, 2.45) is 0 Å².